The van der Waals surface area contributed by atoms with Crippen molar-refractivity contribution >= 4 is 56.1 Å². The lowest BCUT2D eigenvalue weighted by molar-refractivity contribution is 0.0459. The molecule has 0 fully saturated rings. The van der Waals surface area contributed by atoms with Gasteiger partial charge in [-0.25, -0.2) is 4.79 Å². The molecule has 3 aromatic rings. The number of nitrogens with one attached hydrogen (secondary N) is 2. The predicted molar refractivity (Wildman–Crippen MR) is 125 cm³/mol. The molecule has 0 saturated carbocycles. The number of benzene rings is 2. The summed E-state index contributed by atoms with van der Waals surface area (Å²) in [5, 5.41) is 10.0. The highest BCUT2D eigenvalue weighted by atomic mass is 32.1. The van der Waals surface area contributed by atoms with E-state index in [0.717, 1.165) is 46.3 Å². The molecule has 0 bridgehead atoms. The average molecular weight is 425 g/mol. The van der Waals surface area contributed by atoms with E-state index in [0.29, 0.717) is 23.2 Å². The van der Waals surface area contributed by atoms with Gasteiger partial charge in [0, 0.05) is 16.0 Å². The third-order valence-electron chi connectivity index (χ3n) is 4.94. The molecule has 6 heteroatoms. The smallest absolute Gasteiger partial charge is 0.341 e. The van der Waals surface area contributed by atoms with Gasteiger partial charge < -0.3 is 15.4 Å². The molecule has 1 heterocycles. The van der Waals surface area contributed by atoms with Gasteiger partial charge in [0.05, 0.1) is 12.2 Å². The number of thiocarbonyl (C=S) groups is 1. The normalized spacial score (nSPS) is 12.8. The number of aryl methyl sites for hydroxylation is 1. The van der Waals surface area contributed by atoms with Crippen LogP contribution in [-0.2, 0) is 17.6 Å². The fourth-order valence-corrected chi connectivity index (χ4v) is 5.17. The van der Waals surface area contributed by atoms with Crippen LogP contribution in [0.1, 0.15) is 41.1 Å². The number of anilines is 2. The maximum atomic E-state index is 12.8. The zero-order valence-electron chi connectivity index (χ0n) is 16.6. The largest absolute Gasteiger partial charge is 0.462 e. The molecule has 0 amide bonds. The summed E-state index contributed by atoms with van der Waals surface area (Å²) in [4.78, 5) is 14.0. The Morgan fingerprint density at radius 3 is 2.76 bits per heavy atom. The summed E-state index contributed by atoms with van der Waals surface area (Å²) in [6.07, 6.45) is 3.02. The first-order valence-electron chi connectivity index (χ1n) is 9.90. The van der Waals surface area contributed by atoms with Crippen molar-refractivity contribution in [3.05, 3.63) is 58.5 Å². The van der Waals surface area contributed by atoms with Gasteiger partial charge >= 0.3 is 5.97 Å². The second-order valence-corrected chi connectivity index (χ2v) is 9.17. The van der Waals surface area contributed by atoms with Crippen molar-refractivity contribution in [2.24, 2.45) is 5.92 Å². The Hall–Kier alpha value is -2.44. The van der Waals surface area contributed by atoms with Crippen LogP contribution in [0.5, 0.6) is 0 Å². The summed E-state index contributed by atoms with van der Waals surface area (Å²) in [5.41, 5.74) is 2.72. The molecule has 0 saturated heterocycles. The number of carbonyl (C=O) groups is 1. The lowest BCUT2D eigenvalue weighted by atomic mass is 10.1. The minimum Gasteiger partial charge on any atom is -0.462 e. The SMILES string of the molecule is CC(C)COC(=O)c1c(NC(=S)Nc2cccc3ccccc23)sc2c1CCC2. The van der Waals surface area contributed by atoms with Crippen LogP contribution in [0.3, 0.4) is 0 Å². The number of ether oxygens (including phenoxy) is 1. The summed E-state index contributed by atoms with van der Waals surface area (Å²) >= 11 is 7.19. The van der Waals surface area contributed by atoms with Crippen LogP contribution in [-0.4, -0.2) is 17.7 Å². The first-order chi connectivity index (χ1) is 14.0. The molecule has 2 aromatic carbocycles. The van der Waals surface area contributed by atoms with E-state index in [-0.39, 0.29) is 5.97 Å². The molecule has 0 aliphatic heterocycles. The fourth-order valence-electron chi connectivity index (χ4n) is 3.61. The minimum absolute atomic E-state index is 0.256. The Balaban J connectivity index is 1.56. The molecule has 4 nitrogen and oxygen atoms in total. The summed E-state index contributed by atoms with van der Waals surface area (Å²) < 4.78 is 5.54. The van der Waals surface area contributed by atoms with Crippen LogP contribution in [0.4, 0.5) is 10.7 Å². The van der Waals surface area contributed by atoms with E-state index < -0.39 is 0 Å². The van der Waals surface area contributed by atoms with Crippen LogP contribution < -0.4 is 10.6 Å². The van der Waals surface area contributed by atoms with Crippen molar-refractivity contribution in [2.75, 3.05) is 17.2 Å². The van der Waals surface area contributed by atoms with Crippen LogP contribution in [0, 0.1) is 5.92 Å². The van der Waals surface area contributed by atoms with E-state index in [9.17, 15) is 4.79 Å². The highest BCUT2D eigenvalue weighted by Gasteiger charge is 2.28. The van der Waals surface area contributed by atoms with E-state index in [1.165, 1.54) is 4.88 Å². The molecule has 1 aliphatic carbocycles. The first-order valence-corrected chi connectivity index (χ1v) is 11.1. The second kappa shape index (κ2) is 8.51. The molecule has 0 unspecified atom stereocenters. The number of thiophene rings is 1. The fraction of sp³-hybridized carbons (Fsp3) is 0.304. The molecule has 150 valence electrons. The number of fused-ring (bicyclic) bond motifs is 2. The molecule has 29 heavy (non-hydrogen) atoms. The zero-order chi connectivity index (χ0) is 20.4. The van der Waals surface area contributed by atoms with Crippen molar-refractivity contribution in [1.29, 1.82) is 0 Å². The quantitative estimate of drug-likeness (QED) is 0.388. The van der Waals surface area contributed by atoms with Crippen molar-refractivity contribution in [2.45, 2.75) is 33.1 Å². The van der Waals surface area contributed by atoms with Gasteiger partial charge in [-0.2, -0.15) is 0 Å². The molecule has 1 aliphatic rings. The van der Waals surface area contributed by atoms with E-state index in [4.69, 9.17) is 17.0 Å². The summed E-state index contributed by atoms with van der Waals surface area (Å²) in [6.45, 7) is 4.49. The minimum atomic E-state index is -0.256. The van der Waals surface area contributed by atoms with Crippen molar-refractivity contribution in [3.63, 3.8) is 0 Å². The van der Waals surface area contributed by atoms with Gasteiger partial charge in [-0.05, 0) is 54.4 Å². The molecule has 4 rings (SSSR count). The Kier molecular flexibility index (Phi) is 5.83. The molecule has 0 atom stereocenters. The Labute approximate surface area is 180 Å². The molecule has 2 N–H and O–H groups in total. The maximum Gasteiger partial charge on any atom is 0.341 e. The van der Waals surface area contributed by atoms with E-state index >= 15 is 0 Å². The first kappa shape index (κ1) is 19.9. The summed E-state index contributed by atoms with van der Waals surface area (Å²) in [5.74, 6) is 0.0460. The lowest BCUT2D eigenvalue weighted by Gasteiger charge is -2.14. The van der Waals surface area contributed by atoms with Gasteiger partial charge in [-0.3, -0.25) is 0 Å². The highest BCUT2D eigenvalue weighted by Crippen LogP contribution is 2.39. The van der Waals surface area contributed by atoms with E-state index in [2.05, 4.69) is 28.8 Å². The average Bonchev–Trinajstić information content (AvgIpc) is 3.27. The standard InChI is InChI=1S/C23H24N2O2S2/c1-14(2)13-27-22(26)20-17-10-6-12-19(17)29-21(20)25-23(28)24-18-11-5-8-15-7-3-4-9-16(15)18/h3-5,7-9,11,14H,6,10,12-13H2,1-2H3,(H2,24,25,28). The Morgan fingerprint density at radius 2 is 1.93 bits per heavy atom. The Morgan fingerprint density at radius 1 is 1.14 bits per heavy atom. The van der Waals surface area contributed by atoms with Crippen molar-refractivity contribution < 1.29 is 9.53 Å². The predicted octanol–water partition coefficient (Wildman–Crippen LogP) is 6.01. The summed E-state index contributed by atoms with van der Waals surface area (Å²) in [7, 11) is 0. The zero-order valence-corrected chi connectivity index (χ0v) is 18.2. The van der Waals surface area contributed by atoms with Gasteiger partial charge in [0.15, 0.2) is 5.11 Å². The molecule has 1 aromatic heterocycles. The van der Waals surface area contributed by atoms with Crippen LogP contribution in [0.15, 0.2) is 42.5 Å². The van der Waals surface area contributed by atoms with E-state index in [1.54, 1.807) is 11.3 Å². The second-order valence-electron chi connectivity index (χ2n) is 7.66. The van der Waals surface area contributed by atoms with E-state index in [1.807, 2.05) is 38.1 Å². The van der Waals surface area contributed by atoms with Crippen molar-refractivity contribution in [3.8, 4) is 0 Å². The van der Waals surface area contributed by atoms with Gasteiger partial charge in [0.2, 0.25) is 0 Å². The molecule has 0 spiro atoms. The number of carbonyl (C=O) groups excluding carboxylic acids is 1. The number of rotatable bonds is 5. The lowest BCUT2D eigenvalue weighted by Crippen LogP contribution is -2.21. The molecular formula is C23H24N2O2S2. The number of hydrogen-bond donors (Lipinski definition) is 2. The number of esters is 1. The topological polar surface area (TPSA) is 50.4 Å². The van der Waals surface area contributed by atoms with Gasteiger partial charge in [0.25, 0.3) is 0 Å². The third-order valence-corrected chi connectivity index (χ3v) is 6.35. The molecular weight excluding hydrogens is 400 g/mol. The van der Waals surface area contributed by atoms with Gasteiger partial charge in [-0.1, -0.05) is 50.2 Å². The van der Waals surface area contributed by atoms with Crippen LogP contribution >= 0.6 is 23.6 Å². The van der Waals surface area contributed by atoms with Crippen molar-refractivity contribution in [1.82, 2.24) is 0 Å². The number of hydrogen-bond acceptors (Lipinski definition) is 4. The van der Waals surface area contributed by atoms with Gasteiger partial charge in [0.1, 0.15) is 5.00 Å². The monoisotopic (exact) mass is 424 g/mol. The third kappa shape index (κ3) is 4.28. The van der Waals surface area contributed by atoms with Gasteiger partial charge in [-0.15, -0.1) is 11.3 Å². The van der Waals surface area contributed by atoms with Crippen LogP contribution in [0.2, 0.25) is 0 Å². The maximum absolute atomic E-state index is 12.8. The van der Waals surface area contributed by atoms with Crippen LogP contribution in [0.25, 0.3) is 10.8 Å². The summed E-state index contributed by atoms with van der Waals surface area (Å²) in [6, 6.07) is 14.2. The Bertz CT molecular complexity index is 1070. The molecule has 0 radical (unpaired) electrons. The highest BCUT2D eigenvalue weighted by molar-refractivity contribution is 7.80.